The van der Waals surface area contributed by atoms with Gasteiger partial charge in [-0.05, 0) is 70.7 Å². The van der Waals surface area contributed by atoms with Gasteiger partial charge in [-0.1, -0.05) is 66.7 Å². The van der Waals surface area contributed by atoms with E-state index in [1.165, 1.54) is 54.0 Å². The van der Waals surface area contributed by atoms with Crippen molar-refractivity contribution >= 4 is 16.8 Å². The second-order valence-corrected chi connectivity index (χ2v) is 7.16. The van der Waals surface area contributed by atoms with E-state index in [2.05, 4.69) is 66.7 Å². The van der Waals surface area contributed by atoms with E-state index in [9.17, 15) is 0 Å². The molecule has 0 aromatic heterocycles. The van der Waals surface area contributed by atoms with Crippen LogP contribution in [-0.2, 0) is 12.8 Å². The van der Waals surface area contributed by atoms with Crippen LogP contribution in [-0.4, -0.2) is 0 Å². The molecule has 2 aliphatic rings. The van der Waals surface area contributed by atoms with E-state index in [0.717, 1.165) is 0 Å². The summed E-state index contributed by atoms with van der Waals surface area (Å²) in [6.45, 7) is 0. The molecule has 24 heavy (non-hydrogen) atoms. The summed E-state index contributed by atoms with van der Waals surface area (Å²) in [4.78, 5) is 0. The largest absolute Gasteiger partial charge is 0.0836 e. The highest BCUT2D eigenvalue weighted by Crippen LogP contribution is 2.42. The van der Waals surface area contributed by atoms with Crippen molar-refractivity contribution < 1.29 is 0 Å². The average molecular weight is 310 g/mol. The Morgan fingerprint density at radius 2 is 1.67 bits per heavy atom. The number of fused-ring (bicyclic) bond motifs is 5. The Morgan fingerprint density at radius 3 is 2.58 bits per heavy atom. The first kappa shape index (κ1) is 14.0. The highest BCUT2D eigenvalue weighted by molar-refractivity contribution is 5.93. The molecule has 3 aromatic carbocycles. The van der Waals surface area contributed by atoms with Gasteiger partial charge in [0, 0.05) is 5.92 Å². The highest BCUT2D eigenvalue weighted by Gasteiger charge is 2.24. The summed E-state index contributed by atoms with van der Waals surface area (Å²) in [5.74, 6) is 0.552. The van der Waals surface area contributed by atoms with Crippen LogP contribution in [0.5, 0.6) is 0 Å². The molecular formula is C24H22. The zero-order valence-electron chi connectivity index (χ0n) is 14.0. The topological polar surface area (TPSA) is 0 Å². The summed E-state index contributed by atoms with van der Waals surface area (Å²) in [6, 6.07) is 20.6. The molecule has 0 N–H and O–H groups in total. The van der Waals surface area contributed by atoms with Gasteiger partial charge >= 0.3 is 0 Å². The van der Waals surface area contributed by atoms with E-state index in [0.29, 0.717) is 5.92 Å². The molecule has 0 amide bonds. The summed E-state index contributed by atoms with van der Waals surface area (Å²) in [5, 5.41) is 2.98. The summed E-state index contributed by atoms with van der Waals surface area (Å²) < 4.78 is 0. The van der Waals surface area contributed by atoms with E-state index in [-0.39, 0.29) is 0 Å². The molecule has 0 saturated heterocycles. The maximum atomic E-state index is 2.41. The fourth-order valence-electron chi connectivity index (χ4n) is 4.72. The Balaban J connectivity index is 1.78. The van der Waals surface area contributed by atoms with Gasteiger partial charge in [0.1, 0.15) is 0 Å². The van der Waals surface area contributed by atoms with Crippen molar-refractivity contribution in [2.24, 2.45) is 0 Å². The van der Waals surface area contributed by atoms with E-state index in [1.807, 2.05) is 0 Å². The van der Waals surface area contributed by atoms with Gasteiger partial charge in [-0.3, -0.25) is 0 Å². The predicted molar refractivity (Wildman–Crippen MR) is 103 cm³/mol. The third kappa shape index (κ3) is 2.13. The average Bonchev–Trinajstić information content (AvgIpc) is 2.67. The zero-order valence-corrected chi connectivity index (χ0v) is 14.0. The van der Waals surface area contributed by atoms with E-state index in [4.69, 9.17) is 0 Å². The smallest absolute Gasteiger partial charge is 0.00983 e. The molecule has 1 atom stereocenters. The number of aryl methyl sites for hydroxylation is 2. The minimum atomic E-state index is 0.552. The number of benzene rings is 3. The standard InChI is InChI=1S/C24H22/c1-2-7-17(8-3-1)21-12-6-10-19-14-15-22-20-11-5-4-9-18(20)13-16-23(22)24(19)21/h1-4,7-9,13-16,21H,5-6,10-12H2. The molecule has 0 bridgehead atoms. The van der Waals surface area contributed by atoms with Gasteiger partial charge < -0.3 is 0 Å². The van der Waals surface area contributed by atoms with Gasteiger partial charge in [-0.2, -0.15) is 0 Å². The fraction of sp³-hybridized carbons (Fsp3) is 0.250. The predicted octanol–water partition coefficient (Wildman–Crippen LogP) is 6.27. The maximum Gasteiger partial charge on any atom is 0.00983 e. The monoisotopic (exact) mass is 310 g/mol. The van der Waals surface area contributed by atoms with Gasteiger partial charge in [0.25, 0.3) is 0 Å². The van der Waals surface area contributed by atoms with Gasteiger partial charge in [0.15, 0.2) is 0 Å². The molecule has 118 valence electrons. The normalized spacial score (nSPS) is 19.1. The summed E-state index contributed by atoms with van der Waals surface area (Å²) in [6.07, 6.45) is 10.7. The van der Waals surface area contributed by atoms with Crippen LogP contribution in [0.3, 0.4) is 0 Å². The van der Waals surface area contributed by atoms with E-state index < -0.39 is 0 Å². The van der Waals surface area contributed by atoms with Crippen molar-refractivity contribution in [1.29, 1.82) is 0 Å². The number of allylic oxidation sites excluding steroid dienone is 1. The van der Waals surface area contributed by atoms with Crippen LogP contribution in [0.15, 0.2) is 60.7 Å². The lowest BCUT2D eigenvalue weighted by Crippen LogP contribution is -2.12. The Bertz CT molecular complexity index is 931. The summed E-state index contributed by atoms with van der Waals surface area (Å²) in [7, 11) is 0. The summed E-state index contributed by atoms with van der Waals surface area (Å²) >= 11 is 0. The van der Waals surface area contributed by atoms with Crippen LogP contribution in [0.25, 0.3) is 16.8 Å². The van der Waals surface area contributed by atoms with Crippen LogP contribution in [0, 0.1) is 0 Å². The molecule has 0 heterocycles. The lowest BCUT2D eigenvalue weighted by Gasteiger charge is -2.28. The van der Waals surface area contributed by atoms with E-state index in [1.54, 1.807) is 16.7 Å². The van der Waals surface area contributed by atoms with Crippen molar-refractivity contribution in [3.63, 3.8) is 0 Å². The molecule has 3 aromatic rings. The molecule has 0 spiro atoms. The molecule has 0 nitrogen and oxygen atoms in total. The fourth-order valence-corrected chi connectivity index (χ4v) is 4.72. The lowest BCUT2D eigenvalue weighted by atomic mass is 9.75. The first-order valence-corrected chi connectivity index (χ1v) is 9.21. The molecule has 0 heteroatoms. The Kier molecular flexibility index (Phi) is 3.29. The third-order valence-electron chi connectivity index (χ3n) is 5.83. The molecule has 0 aliphatic heterocycles. The SMILES string of the molecule is C1=Cc2ccc3c4c(ccc3c2CC1)CCCC4c1ccccc1. The van der Waals surface area contributed by atoms with Crippen LogP contribution >= 0.6 is 0 Å². The quantitative estimate of drug-likeness (QED) is 0.497. The van der Waals surface area contributed by atoms with Crippen LogP contribution in [0.2, 0.25) is 0 Å². The van der Waals surface area contributed by atoms with Gasteiger partial charge in [0.2, 0.25) is 0 Å². The van der Waals surface area contributed by atoms with Gasteiger partial charge in [0.05, 0.1) is 0 Å². The second kappa shape index (κ2) is 5.63. The molecule has 0 saturated carbocycles. The molecular weight excluding hydrogens is 288 g/mol. The van der Waals surface area contributed by atoms with Crippen molar-refractivity contribution in [3.05, 3.63) is 88.5 Å². The first-order valence-electron chi connectivity index (χ1n) is 9.21. The van der Waals surface area contributed by atoms with Gasteiger partial charge in [-0.15, -0.1) is 0 Å². The highest BCUT2D eigenvalue weighted by atomic mass is 14.3. The lowest BCUT2D eigenvalue weighted by molar-refractivity contribution is 0.620. The first-order chi connectivity index (χ1) is 11.9. The molecule has 5 rings (SSSR count). The molecule has 2 aliphatic carbocycles. The van der Waals surface area contributed by atoms with Crippen LogP contribution in [0.1, 0.15) is 53.0 Å². The summed E-state index contributed by atoms with van der Waals surface area (Å²) in [5.41, 5.74) is 7.61. The van der Waals surface area contributed by atoms with Crippen molar-refractivity contribution in [1.82, 2.24) is 0 Å². The number of rotatable bonds is 1. The van der Waals surface area contributed by atoms with Crippen LogP contribution < -0.4 is 0 Å². The minimum Gasteiger partial charge on any atom is -0.0836 e. The zero-order chi connectivity index (χ0) is 15.9. The Morgan fingerprint density at radius 1 is 0.792 bits per heavy atom. The third-order valence-corrected chi connectivity index (χ3v) is 5.83. The Hall–Kier alpha value is -2.34. The number of hydrogen-bond donors (Lipinski definition) is 0. The maximum absolute atomic E-state index is 2.41. The molecule has 0 radical (unpaired) electrons. The van der Waals surface area contributed by atoms with Gasteiger partial charge in [-0.25, -0.2) is 0 Å². The van der Waals surface area contributed by atoms with E-state index >= 15 is 0 Å². The Labute approximate surface area is 143 Å². The van der Waals surface area contributed by atoms with Crippen molar-refractivity contribution in [2.45, 2.75) is 38.0 Å². The second-order valence-electron chi connectivity index (χ2n) is 7.16. The minimum absolute atomic E-state index is 0.552. The van der Waals surface area contributed by atoms with Crippen LogP contribution in [0.4, 0.5) is 0 Å². The van der Waals surface area contributed by atoms with Crippen molar-refractivity contribution in [3.8, 4) is 0 Å². The van der Waals surface area contributed by atoms with Crippen molar-refractivity contribution in [2.75, 3.05) is 0 Å². The molecule has 0 fully saturated rings. The molecule has 1 unspecified atom stereocenters. The number of hydrogen-bond acceptors (Lipinski definition) is 0.